The van der Waals surface area contributed by atoms with Crippen LogP contribution in [-0.4, -0.2) is 62.8 Å². The molecule has 0 spiro atoms. The molecule has 1 aliphatic heterocycles. The molecule has 1 heterocycles. The van der Waals surface area contributed by atoms with Crippen molar-refractivity contribution in [2.75, 3.05) is 6.61 Å². The molecule has 1 saturated heterocycles. The zero-order chi connectivity index (χ0) is 11.8. The predicted octanol–water partition coefficient (Wildman–Crippen LogP) is -4.16. The van der Waals surface area contributed by atoms with Gasteiger partial charge in [-0.2, -0.15) is 0 Å². The predicted molar refractivity (Wildman–Crippen MR) is 43.1 cm³/mol. The monoisotopic (exact) mass is 221 g/mol. The van der Waals surface area contributed by atoms with Gasteiger partial charge in [-0.3, -0.25) is 4.79 Å². The van der Waals surface area contributed by atoms with Crippen LogP contribution >= 0.6 is 0 Å². The quantitative estimate of drug-likeness (QED) is 0.222. The number of carbonyl (C=O) groups is 2. The zero-order valence-corrected chi connectivity index (χ0v) is 7.53. The van der Waals surface area contributed by atoms with E-state index in [0.29, 0.717) is 0 Å². The second-order valence-corrected chi connectivity index (χ2v) is 3.23. The van der Waals surface area contributed by atoms with Gasteiger partial charge < -0.3 is 30.9 Å². The molecular weight excluding hydrogens is 210 g/mol. The molecule has 0 aromatic carbocycles. The summed E-state index contributed by atoms with van der Waals surface area (Å²) >= 11 is 0. The number of nitrogens with two attached hydrogens (primary N) is 1. The van der Waals surface area contributed by atoms with Crippen molar-refractivity contribution in [1.82, 2.24) is 0 Å². The van der Waals surface area contributed by atoms with Crippen LogP contribution in [0.5, 0.6) is 0 Å². The van der Waals surface area contributed by atoms with Crippen LogP contribution in [0, 0.1) is 0 Å². The third kappa shape index (κ3) is 1.67. The molecule has 15 heavy (non-hydrogen) atoms. The number of esters is 1. The smallest absolute Gasteiger partial charge is 0.351 e. The Hall–Kier alpha value is -1.22. The molecule has 0 bridgehead atoms. The molecule has 0 saturated carbocycles. The summed E-state index contributed by atoms with van der Waals surface area (Å²) in [5, 5.41) is 37.1. The standard InChI is InChI=1S/C7H11NO7/c8-5(12)7(14)4(11)3(10)2(9)1-15-6(7)13/h2-4,9-11,14H,1H2,(H2,8,12)/t2-,3-,4+,7+/m1/s1. The molecule has 1 amide bonds. The van der Waals surface area contributed by atoms with Crippen molar-refractivity contribution in [3.8, 4) is 0 Å². The van der Waals surface area contributed by atoms with E-state index < -0.39 is 42.4 Å². The Morgan fingerprint density at radius 2 is 2.00 bits per heavy atom. The first-order valence-electron chi connectivity index (χ1n) is 4.05. The second-order valence-electron chi connectivity index (χ2n) is 3.23. The second kappa shape index (κ2) is 3.74. The maximum absolute atomic E-state index is 11.1. The Bertz CT molecular complexity index is 293. The average molecular weight is 221 g/mol. The molecule has 1 rings (SSSR count). The average Bonchev–Trinajstić information content (AvgIpc) is 2.26. The lowest BCUT2D eigenvalue weighted by atomic mass is 9.91. The summed E-state index contributed by atoms with van der Waals surface area (Å²) in [4.78, 5) is 21.9. The summed E-state index contributed by atoms with van der Waals surface area (Å²) in [7, 11) is 0. The van der Waals surface area contributed by atoms with Crippen LogP contribution in [0.15, 0.2) is 0 Å². The molecule has 86 valence electrons. The minimum atomic E-state index is -3.04. The Labute approximate surface area is 83.9 Å². The first-order chi connectivity index (χ1) is 6.81. The van der Waals surface area contributed by atoms with Gasteiger partial charge in [0.15, 0.2) is 0 Å². The van der Waals surface area contributed by atoms with Gasteiger partial charge >= 0.3 is 5.97 Å². The van der Waals surface area contributed by atoms with Gasteiger partial charge in [-0.15, -0.1) is 0 Å². The number of cyclic esters (lactones) is 1. The van der Waals surface area contributed by atoms with E-state index in [-0.39, 0.29) is 0 Å². The number of carbonyl (C=O) groups excluding carboxylic acids is 2. The van der Waals surface area contributed by atoms with Gasteiger partial charge in [0.25, 0.3) is 11.5 Å². The van der Waals surface area contributed by atoms with E-state index in [0.717, 1.165) is 0 Å². The van der Waals surface area contributed by atoms with Gasteiger partial charge in [-0.1, -0.05) is 0 Å². The molecule has 0 aliphatic carbocycles. The van der Waals surface area contributed by atoms with E-state index in [9.17, 15) is 24.9 Å². The number of hydrogen-bond acceptors (Lipinski definition) is 7. The first kappa shape index (κ1) is 11.9. The van der Waals surface area contributed by atoms with Crippen LogP contribution in [0.2, 0.25) is 0 Å². The molecule has 0 radical (unpaired) electrons. The van der Waals surface area contributed by atoms with E-state index in [1.165, 1.54) is 0 Å². The minimum Gasteiger partial charge on any atom is -0.460 e. The molecule has 0 unspecified atom stereocenters. The Kier molecular flexibility index (Phi) is 2.95. The van der Waals surface area contributed by atoms with E-state index in [2.05, 4.69) is 4.74 Å². The third-order valence-electron chi connectivity index (χ3n) is 2.22. The van der Waals surface area contributed by atoms with Crippen molar-refractivity contribution in [2.24, 2.45) is 5.73 Å². The molecule has 1 aliphatic rings. The van der Waals surface area contributed by atoms with Gasteiger partial charge in [0.1, 0.15) is 24.9 Å². The highest BCUT2D eigenvalue weighted by molar-refractivity contribution is 6.06. The molecule has 1 fully saturated rings. The molecule has 4 atom stereocenters. The van der Waals surface area contributed by atoms with Crippen molar-refractivity contribution in [2.45, 2.75) is 23.9 Å². The van der Waals surface area contributed by atoms with Gasteiger partial charge in [0.05, 0.1) is 0 Å². The van der Waals surface area contributed by atoms with Gasteiger partial charge in [0.2, 0.25) is 0 Å². The van der Waals surface area contributed by atoms with Crippen LogP contribution < -0.4 is 5.73 Å². The van der Waals surface area contributed by atoms with Gasteiger partial charge in [-0.05, 0) is 0 Å². The van der Waals surface area contributed by atoms with Gasteiger partial charge in [0, 0.05) is 0 Å². The van der Waals surface area contributed by atoms with Crippen molar-refractivity contribution in [3.63, 3.8) is 0 Å². The van der Waals surface area contributed by atoms with Crippen molar-refractivity contribution >= 4 is 11.9 Å². The molecule has 8 heteroatoms. The van der Waals surface area contributed by atoms with Crippen molar-refractivity contribution < 1.29 is 34.8 Å². The largest absolute Gasteiger partial charge is 0.460 e. The fourth-order valence-corrected chi connectivity index (χ4v) is 1.19. The lowest BCUT2D eigenvalue weighted by Crippen LogP contribution is -2.62. The number of rotatable bonds is 1. The highest BCUT2D eigenvalue weighted by Crippen LogP contribution is 2.21. The number of aliphatic hydroxyl groups excluding tert-OH is 3. The number of hydrogen-bond donors (Lipinski definition) is 5. The number of primary amides is 1. The number of ether oxygens (including phenoxy) is 1. The highest BCUT2D eigenvalue weighted by atomic mass is 16.6. The summed E-state index contributed by atoms with van der Waals surface area (Å²) in [6, 6.07) is 0. The summed E-state index contributed by atoms with van der Waals surface area (Å²) < 4.78 is 4.27. The van der Waals surface area contributed by atoms with E-state index in [4.69, 9.17) is 10.8 Å². The zero-order valence-electron chi connectivity index (χ0n) is 7.53. The molecule has 0 aromatic rings. The van der Waals surface area contributed by atoms with Gasteiger partial charge in [-0.25, -0.2) is 4.79 Å². The van der Waals surface area contributed by atoms with Crippen molar-refractivity contribution in [1.29, 1.82) is 0 Å². The fraction of sp³-hybridized carbons (Fsp3) is 0.714. The lowest BCUT2D eigenvalue weighted by Gasteiger charge is -2.27. The Morgan fingerprint density at radius 3 is 2.47 bits per heavy atom. The summed E-state index contributed by atoms with van der Waals surface area (Å²) in [5.74, 6) is -3.06. The topological polar surface area (TPSA) is 150 Å². The van der Waals surface area contributed by atoms with Crippen LogP contribution in [0.25, 0.3) is 0 Å². The lowest BCUT2D eigenvalue weighted by molar-refractivity contribution is -0.184. The van der Waals surface area contributed by atoms with E-state index in [1.54, 1.807) is 0 Å². The van der Waals surface area contributed by atoms with Crippen LogP contribution in [0.3, 0.4) is 0 Å². The Balaban J connectivity index is 3.12. The van der Waals surface area contributed by atoms with Crippen molar-refractivity contribution in [3.05, 3.63) is 0 Å². The molecule has 0 aromatic heterocycles. The van der Waals surface area contributed by atoms with E-state index in [1.807, 2.05) is 0 Å². The van der Waals surface area contributed by atoms with Crippen LogP contribution in [0.1, 0.15) is 0 Å². The number of amides is 1. The molecular formula is C7H11NO7. The minimum absolute atomic E-state index is 0.646. The third-order valence-corrected chi connectivity index (χ3v) is 2.22. The maximum atomic E-state index is 11.1. The Morgan fingerprint density at radius 1 is 1.47 bits per heavy atom. The fourth-order valence-electron chi connectivity index (χ4n) is 1.19. The van der Waals surface area contributed by atoms with E-state index >= 15 is 0 Å². The summed E-state index contributed by atoms with van der Waals surface area (Å²) in [6.45, 7) is -0.646. The maximum Gasteiger partial charge on any atom is 0.351 e. The molecule has 6 N–H and O–H groups in total. The van der Waals surface area contributed by atoms with Crippen LogP contribution in [-0.2, 0) is 14.3 Å². The summed E-state index contributed by atoms with van der Waals surface area (Å²) in [5.41, 5.74) is 1.67. The molecule has 8 nitrogen and oxygen atoms in total. The SMILES string of the molecule is NC(=O)[C@]1(O)C(=O)OC[C@@H](O)[C@@H](O)[C@@H]1O. The normalized spacial score (nSPS) is 41.9. The highest BCUT2D eigenvalue weighted by Gasteiger charge is 2.56. The first-order valence-corrected chi connectivity index (χ1v) is 4.05. The van der Waals surface area contributed by atoms with Crippen LogP contribution in [0.4, 0.5) is 0 Å². The summed E-state index contributed by atoms with van der Waals surface area (Å²) in [6.07, 6.45) is -5.74. The number of aliphatic hydroxyl groups is 4.